The third kappa shape index (κ3) is 3.74. The van der Waals surface area contributed by atoms with E-state index in [-0.39, 0.29) is 12.5 Å². The van der Waals surface area contributed by atoms with Crippen molar-refractivity contribution in [2.75, 3.05) is 19.8 Å². The molecule has 0 unspecified atom stereocenters. The van der Waals surface area contributed by atoms with Gasteiger partial charge in [0.25, 0.3) is 5.91 Å². The highest BCUT2D eigenvalue weighted by Gasteiger charge is 2.31. The van der Waals surface area contributed by atoms with Crippen LogP contribution in [-0.4, -0.2) is 42.9 Å². The molecule has 0 bridgehead atoms. The lowest BCUT2D eigenvalue weighted by Gasteiger charge is -2.21. The summed E-state index contributed by atoms with van der Waals surface area (Å²) in [6, 6.07) is 5.47. The van der Waals surface area contributed by atoms with Crippen LogP contribution in [-0.2, 0) is 4.79 Å². The first-order chi connectivity index (χ1) is 10.2. The summed E-state index contributed by atoms with van der Waals surface area (Å²) in [4.78, 5) is 25.1. The van der Waals surface area contributed by atoms with Crippen molar-refractivity contribution in [3.63, 3.8) is 0 Å². The number of amides is 1. The number of carbonyl (C=O) groups excluding carboxylic acids is 2. The van der Waals surface area contributed by atoms with Gasteiger partial charge in [0.1, 0.15) is 0 Å². The van der Waals surface area contributed by atoms with Gasteiger partial charge >= 0.3 is 0 Å². The number of para-hydroxylation sites is 1. The highest BCUT2D eigenvalue weighted by molar-refractivity contribution is 5.82. The van der Waals surface area contributed by atoms with E-state index in [9.17, 15) is 9.59 Å². The largest absolute Gasteiger partial charge is 0.490 e. The van der Waals surface area contributed by atoms with Gasteiger partial charge in [0.2, 0.25) is 0 Å². The lowest BCUT2D eigenvalue weighted by atomic mass is 10.2. The third-order valence-corrected chi connectivity index (χ3v) is 3.42. The van der Waals surface area contributed by atoms with Crippen molar-refractivity contribution >= 4 is 12.2 Å². The summed E-state index contributed by atoms with van der Waals surface area (Å²) in [5.41, 5.74) is 0.392. The average molecular weight is 291 g/mol. The van der Waals surface area contributed by atoms with Crippen LogP contribution in [0.4, 0.5) is 0 Å². The Hall–Kier alpha value is -2.04. The normalized spacial score (nSPS) is 13.6. The van der Waals surface area contributed by atoms with Crippen LogP contribution < -0.4 is 9.47 Å². The molecule has 1 aliphatic carbocycles. The van der Waals surface area contributed by atoms with E-state index in [4.69, 9.17) is 9.47 Å². The quantitative estimate of drug-likeness (QED) is 0.690. The van der Waals surface area contributed by atoms with Crippen LogP contribution >= 0.6 is 0 Å². The molecular formula is C16H21NO4. The lowest BCUT2D eigenvalue weighted by molar-refractivity contribution is -0.133. The van der Waals surface area contributed by atoms with Gasteiger partial charge in [-0.3, -0.25) is 9.59 Å². The predicted octanol–water partition coefficient (Wildman–Crippen LogP) is 2.29. The minimum Gasteiger partial charge on any atom is -0.490 e. The fourth-order valence-corrected chi connectivity index (χ4v) is 2.29. The van der Waals surface area contributed by atoms with Gasteiger partial charge in [0.05, 0.1) is 12.2 Å². The Morgan fingerprint density at radius 3 is 2.67 bits per heavy atom. The van der Waals surface area contributed by atoms with Crippen molar-refractivity contribution in [3.8, 4) is 11.5 Å². The molecule has 2 rings (SSSR count). The second kappa shape index (κ2) is 7.11. The summed E-state index contributed by atoms with van der Waals surface area (Å²) in [5.74, 6) is 0.780. The number of nitrogens with zero attached hydrogens (tertiary/aromatic N) is 1. The van der Waals surface area contributed by atoms with Crippen LogP contribution in [0.15, 0.2) is 18.2 Å². The lowest BCUT2D eigenvalue weighted by Crippen LogP contribution is -2.36. The number of ether oxygens (including phenoxy) is 2. The van der Waals surface area contributed by atoms with Gasteiger partial charge in [-0.2, -0.15) is 0 Å². The molecule has 1 saturated carbocycles. The Labute approximate surface area is 124 Å². The molecule has 0 aromatic heterocycles. The number of likely N-dealkylation sites (N-methyl/N-ethyl adjacent to an activating group) is 1. The molecule has 1 fully saturated rings. The van der Waals surface area contributed by atoms with Crippen molar-refractivity contribution in [2.24, 2.45) is 0 Å². The van der Waals surface area contributed by atoms with Gasteiger partial charge in [-0.1, -0.05) is 6.07 Å². The molecule has 0 aliphatic heterocycles. The smallest absolute Gasteiger partial charge is 0.260 e. The predicted molar refractivity (Wildman–Crippen MR) is 78.9 cm³/mol. The number of benzene rings is 1. The molecule has 0 heterocycles. The zero-order valence-electron chi connectivity index (χ0n) is 12.5. The molecule has 21 heavy (non-hydrogen) atoms. The van der Waals surface area contributed by atoms with E-state index in [2.05, 4.69) is 0 Å². The molecule has 5 nitrogen and oxygen atoms in total. The topological polar surface area (TPSA) is 55.8 Å². The van der Waals surface area contributed by atoms with Crippen LogP contribution in [0.5, 0.6) is 11.5 Å². The Morgan fingerprint density at radius 1 is 1.33 bits per heavy atom. The van der Waals surface area contributed by atoms with Gasteiger partial charge in [-0.25, -0.2) is 0 Å². The van der Waals surface area contributed by atoms with Crippen LogP contribution in [0.25, 0.3) is 0 Å². The third-order valence-electron chi connectivity index (χ3n) is 3.42. The Bertz CT molecular complexity index is 511. The maximum atomic E-state index is 12.2. The van der Waals surface area contributed by atoms with Crippen LogP contribution in [0.2, 0.25) is 0 Å². The molecule has 0 saturated heterocycles. The minimum absolute atomic E-state index is 0.0526. The van der Waals surface area contributed by atoms with E-state index in [0.29, 0.717) is 42.5 Å². The van der Waals surface area contributed by atoms with E-state index in [1.165, 1.54) is 0 Å². The number of hydrogen-bond donors (Lipinski definition) is 0. The molecule has 114 valence electrons. The average Bonchev–Trinajstić information content (AvgIpc) is 3.31. The van der Waals surface area contributed by atoms with E-state index in [0.717, 1.165) is 12.8 Å². The molecule has 1 aromatic carbocycles. The zero-order chi connectivity index (χ0) is 15.2. The summed E-state index contributed by atoms with van der Waals surface area (Å²) in [6.45, 7) is 4.89. The summed E-state index contributed by atoms with van der Waals surface area (Å²) >= 11 is 0. The zero-order valence-corrected chi connectivity index (χ0v) is 12.5. The van der Waals surface area contributed by atoms with Crippen molar-refractivity contribution in [1.82, 2.24) is 4.90 Å². The monoisotopic (exact) mass is 291 g/mol. The van der Waals surface area contributed by atoms with Gasteiger partial charge < -0.3 is 14.4 Å². The first-order valence-electron chi connectivity index (χ1n) is 7.34. The molecule has 0 radical (unpaired) electrons. The highest BCUT2D eigenvalue weighted by Crippen LogP contribution is 2.31. The van der Waals surface area contributed by atoms with Gasteiger partial charge in [-0.05, 0) is 38.8 Å². The molecule has 0 N–H and O–H groups in total. The molecule has 1 aliphatic rings. The van der Waals surface area contributed by atoms with Gasteiger partial charge in [0.15, 0.2) is 24.4 Å². The van der Waals surface area contributed by atoms with Crippen LogP contribution in [0.1, 0.15) is 37.0 Å². The molecule has 1 aromatic rings. The summed E-state index contributed by atoms with van der Waals surface area (Å²) in [7, 11) is 0. The second-order valence-electron chi connectivity index (χ2n) is 4.92. The highest BCUT2D eigenvalue weighted by atomic mass is 16.5. The maximum absolute atomic E-state index is 12.2. The summed E-state index contributed by atoms with van der Waals surface area (Å²) < 4.78 is 11.0. The van der Waals surface area contributed by atoms with E-state index < -0.39 is 0 Å². The van der Waals surface area contributed by atoms with Crippen molar-refractivity contribution in [2.45, 2.75) is 32.7 Å². The van der Waals surface area contributed by atoms with Gasteiger partial charge in [-0.15, -0.1) is 0 Å². The fraction of sp³-hybridized carbons (Fsp3) is 0.500. The first-order valence-corrected chi connectivity index (χ1v) is 7.34. The summed E-state index contributed by atoms with van der Waals surface area (Å²) in [5, 5.41) is 0. The van der Waals surface area contributed by atoms with E-state index in [1.54, 1.807) is 18.2 Å². The molecule has 1 amide bonds. The fourth-order valence-electron chi connectivity index (χ4n) is 2.29. The van der Waals surface area contributed by atoms with Crippen LogP contribution in [0.3, 0.4) is 0 Å². The second-order valence-corrected chi connectivity index (χ2v) is 4.92. The Morgan fingerprint density at radius 2 is 2.10 bits per heavy atom. The number of carbonyl (C=O) groups is 2. The van der Waals surface area contributed by atoms with Crippen molar-refractivity contribution in [3.05, 3.63) is 23.8 Å². The van der Waals surface area contributed by atoms with Crippen LogP contribution in [0, 0.1) is 0 Å². The molecule has 0 spiro atoms. The maximum Gasteiger partial charge on any atom is 0.260 e. The van der Waals surface area contributed by atoms with Crippen molar-refractivity contribution in [1.29, 1.82) is 0 Å². The minimum atomic E-state index is -0.0741. The Kier molecular flexibility index (Phi) is 5.20. The number of aldehydes is 1. The standard InChI is InChI=1S/C16H21NO4/c1-3-17(13-8-9-13)15(19)11-21-16-12(10-18)6-5-7-14(16)20-4-2/h5-7,10,13H,3-4,8-9,11H2,1-2H3. The van der Waals surface area contributed by atoms with E-state index >= 15 is 0 Å². The number of hydrogen-bond acceptors (Lipinski definition) is 4. The van der Waals surface area contributed by atoms with Gasteiger partial charge in [0, 0.05) is 12.6 Å². The summed E-state index contributed by atoms with van der Waals surface area (Å²) in [6.07, 6.45) is 2.84. The molecule has 5 heteroatoms. The SMILES string of the molecule is CCOc1cccc(C=O)c1OCC(=O)N(CC)C1CC1. The molecule has 0 atom stereocenters. The van der Waals surface area contributed by atoms with Crippen molar-refractivity contribution < 1.29 is 19.1 Å². The van der Waals surface area contributed by atoms with E-state index in [1.807, 2.05) is 18.7 Å². The Balaban J connectivity index is 2.07. The number of rotatable bonds is 8. The first kappa shape index (κ1) is 15.4. The molecular weight excluding hydrogens is 270 g/mol.